The van der Waals surface area contributed by atoms with Crippen LogP contribution in [0.2, 0.25) is 0 Å². The minimum absolute atomic E-state index is 0.0378. The molecule has 1 heterocycles. The van der Waals surface area contributed by atoms with Gasteiger partial charge in [0.25, 0.3) is 6.43 Å². The molecule has 0 spiro atoms. The summed E-state index contributed by atoms with van der Waals surface area (Å²) >= 11 is 0. The number of esters is 1. The zero-order chi connectivity index (χ0) is 23.0. The molecular formula is C16H26F2N4O7P+. The van der Waals surface area contributed by atoms with Crippen LogP contribution in [0.25, 0.3) is 0 Å². The molecule has 1 aromatic heterocycles. The minimum Gasteiger partial charge on any atom is -0.462 e. The maximum absolute atomic E-state index is 13.0. The first kappa shape index (κ1) is 26.0. The van der Waals surface area contributed by atoms with E-state index < -0.39 is 57.3 Å². The number of ether oxygens (including phenoxy) is 2. The fourth-order valence-electron chi connectivity index (χ4n) is 2.13. The van der Waals surface area contributed by atoms with Gasteiger partial charge in [0.15, 0.2) is 0 Å². The standard InChI is InChI=1S/C16H25F2N4O7P/c1-8(2)28-15(24)9(3)21-30(26)27-7-11(13(23)14(17)18)29-10(4)22-6-5-12(19)20-16(22)25/h5-6,8-11,13-14,23H,7H2,1-4H3,(H2-,19,20,21,25,26)/p+1/t9-,10+,11?,13?/m0/s1. The van der Waals surface area contributed by atoms with Crippen LogP contribution >= 0.6 is 8.18 Å². The van der Waals surface area contributed by atoms with Crippen LogP contribution < -0.4 is 16.5 Å². The number of carbonyl (C=O) groups excluding carboxylic acids is 1. The SMILES string of the molecule is CC(C)OC(=O)[C@H](C)N[P+](=O)OCC(O[C@H](C)n1ccc(N)nc1=O)C(O)C(F)F. The highest BCUT2D eigenvalue weighted by atomic mass is 31.1. The molecule has 0 aliphatic rings. The number of nitrogens with two attached hydrogens (primary N) is 1. The van der Waals surface area contributed by atoms with Gasteiger partial charge in [-0.15, -0.1) is 4.52 Å². The molecule has 3 unspecified atom stereocenters. The number of nitrogen functional groups attached to an aromatic ring is 1. The zero-order valence-corrected chi connectivity index (χ0v) is 17.8. The summed E-state index contributed by atoms with van der Waals surface area (Å²) in [5.74, 6) is -0.717. The van der Waals surface area contributed by atoms with Crippen molar-refractivity contribution in [1.29, 1.82) is 0 Å². The summed E-state index contributed by atoms with van der Waals surface area (Å²) in [5.41, 5.74) is 4.60. The van der Waals surface area contributed by atoms with Crippen LogP contribution in [0.4, 0.5) is 14.6 Å². The Bertz CT molecular complexity index is 780. The van der Waals surface area contributed by atoms with Crippen molar-refractivity contribution in [2.24, 2.45) is 0 Å². The maximum atomic E-state index is 13.0. The van der Waals surface area contributed by atoms with E-state index in [1.807, 2.05) is 0 Å². The quantitative estimate of drug-likeness (QED) is 0.307. The Morgan fingerprint density at radius 1 is 1.37 bits per heavy atom. The molecule has 11 nitrogen and oxygen atoms in total. The lowest BCUT2D eigenvalue weighted by molar-refractivity contribution is -0.150. The second-order valence-corrected chi connectivity index (χ2v) is 7.56. The Balaban J connectivity index is 2.76. The van der Waals surface area contributed by atoms with E-state index in [1.165, 1.54) is 26.1 Å². The lowest BCUT2D eigenvalue weighted by atomic mass is 10.2. The van der Waals surface area contributed by atoms with Crippen LogP contribution in [-0.4, -0.2) is 58.0 Å². The van der Waals surface area contributed by atoms with E-state index >= 15 is 0 Å². The summed E-state index contributed by atoms with van der Waals surface area (Å²) in [6.07, 6.45) is -7.41. The second-order valence-electron chi connectivity index (χ2n) is 6.53. The highest BCUT2D eigenvalue weighted by Gasteiger charge is 2.35. The zero-order valence-electron chi connectivity index (χ0n) is 16.9. The molecule has 1 aromatic rings. The highest BCUT2D eigenvalue weighted by molar-refractivity contribution is 7.36. The number of rotatable bonds is 12. The first-order valence-electron chi connectivity index (χ1n) is 8.95. The molecule has 0 radical (unpaired) electrons. The van der Waals surface area contributed by atoms with Crippen molar-refractivity contribution in [3.05, 3.63) is 22.7 Å². The molecule has 0 amide bonds. The molecule has 0 bridgehead atoms. The molecule has 0 saturated carbocycles. The number of halogens is 2. The molecule has 0 aliphatic carbocycles. The van der Waals surface area contributed by atoms with E-state index in [2.05, 4.69) is 10.1 Å². The third-order valence-corrected chi connectivity index (χ3v) is 4.60. The molecule has 30 heavy (non-hydrogen) atoms. The average molecular weight is 455 g/mol. The fraction of sp³-hybridized carbons (Fsp3) is 0.688. The first-order valence-corrected chi connectivity index (χ1v) is 10.1. The van der Waals surface area contributed by atoms with Gasteiger partial charge in [-0.05, 0) is 38.3 Å². The predicted molar refractivity (Wildman–Crippen MR) is 102 cm³/mol. The average Bonchev–Trinajstić information content (AvgIpc) is 2.63. The Labute approximate surface area is 172 Å². The summed E-state index contributed by atoms with van der Waals surface area (Å²) in [7, 11) is -2.68. The first-order chi connectivity index (χ1) is 13.9. The summed E-state index contributed by atoms with van der Waals surface area (Å²) in [6, 6.07) is 0.308. The van der Waals surface area contributed by atoms with Gasteiger partial charge in [0.2, 0.25) is 0 Å². The van der Waals surface area contributed by atoms with Crippen molar-refractivity contribution in [2.75, 3.05) is 12.3 Å². The summed E-state index contributed by atoms with van der Waals surface area (Å²) in [4.78, 5) is 27.0. The van der Waals surface area contributed by atoms with Crippen molar-refractivity contribution >= 4 is 20.0 Å². The van der Waals surface area contributed by atoms with Crippen LogP contribution in [0.3, 0.4) is 0 Å². The van der Waals surface area contributed by atoms with Gasteiger partial charge in [-0.1, -0.05) is 5.09 Å². The molecule has 0 aliphatic heterocycles. The Morgan fingerprint density at radius 3 is 2.53 bits per heavy atom. The number of nitrogens with zero attached hydrogens (tertiary/aromatic N) is 2. The van der Waals surface area contributed by atoms with E-state index in [-0.39, 0.29) is 11.9 Å². The molecule has 5 atom stereocenters. The van der Waals surface area contributed by atoms with E-state index in [0.717, 1.165) is 4.57 Å². The predicted octanol–water partition coefficient (Wildman–Crippen LogP) is 0.959. The monoisotopic (exact) mass is 455 g/mol. The topological polar surface area (TPSA) is 155 Å². The normalized spacial score (nSPS) is 16.2. The molecule has 1 rings (SSSR count). The molecule has 0 saturated heterocycles. The fourth-order valence-corrected chi connectivity index (χ4v) is 2.90. The van der Waals surface area contributed by atoms with Gasteiger partial charge in [0.05, 0.1) is 6.10 Å². The van der Waals surface area contributed by atoms with Crippen LogP contribution in [0.1, 0.15) is 33.9 Å². The number of alkyl halides is 2. The summed E-state index contributed by atoms with van der Waals surface area (Å²) < 4.78 is 54.1. The van der Waals surface area contributed by atoms with E-state index in [1.54, 1.807) is 13.8 Å². The van der Waals surface area contributed by atoms with E-state index in [0.29, 0.717) is 0 Å². The lowest BCUT2D eigenvalue weighted by Crippen LogP contribution is -2.41. The van der Waals surface area contributed by atoms with Crippen LogP contribution in [0.15, 0.2) is 17.1 Å². The smallest absolute Gasteiger partial charge is 0.462 e. The van der Waals surface area contributed by atoms with Crippen LogP contribution in [-0.2, 0) is 23.4 Å². The Morgan fingerprint density at radius 2 is 2.00 bits per heavy atom. The number of hydrogen-bond donors (Lipinski definition) is 3. The van der Waals surface area contributed by atoms with Gasteiger partial charge >= 0.3 is 19.8 Å². The third kappa shape index (κ3) is 8.36. The molecule has 14 heteroatoms. The van der Waals surface area contributed by atoms with Crippen molar-refractivity contribution in [3.8, 4) is 0 Å². The molecule has 0 aromatic carbocycles. The molecular weight excluding hydrogens is 429 g/mol. The Kier molecular flexibility index (Phi) is 10.4. The Hall–Kier alpha value is -2.05. The van der Waals surface area contributed by atoms with Gasteiger partial charge in [0, 0.05) is 6.20 Å². The number of anilines is 1. The van der Waals surface area contributed by atoms with Gasteiger partial charge in [-0.2, -0.15) is 4.98 Å². The molecule has 0 fully saturated rings. The number of aliphatic hydroxyl groups excluding tert-OH is 1. The third-order valence-electron chi connectivity index (χ3n) is 3.61. The molecule has 4 N–H and O–H groups in total. The van der Waals surface area contributed by atoms with E-state index in [9.17, 15) is 28.0 Å². The summed E-state index contributed by atoms with van der Waals surface area (Å²) in [6.45, 7) is 5.29. The number of aliphatic hydroxyl groups is 1. The van der Waals surface area contributed by atoms with Gasteiger partial charge < -0.3 is 20.3 Å². The van der Waals surface area contributed by atoms with Crippen molar-refractivity contribution in [1.82, 2.24) is 14.6 Å². The lowest BCUT2D eigenvalue weighted by Gasteiger charge is -2.25. The number of aromatic nitrogens is 2. The van der Waals surface area contributed by atoms with Crippen LogP contribution in [0, 0.1) is 0 Å². The van der Waals surface area contributed by atoms with Crippen molar-refractivity contribution < 1.29 is 37.2 Å². The number of carbonyl (C=O) groups is 1. The van der Waals surface area contributed by atoms with E-state index in [4.69, 9.17) is 19.7 Å². The van der Waals surface area contributed by atoms with Crippen LogP contribution in [0.5, 0.6) is 0 Å². The largest absolute Gasteiger partial charge is 0.613 e. The molecule has 170 valence electrons. The number of nitrogens with one attached hydrogen (secondary N) is 1. The van der Waals surface area contributed by atoms with Crippen molar-refractivity contribution in [2.45, 2.75) is 64.7 Å². The van der Waals surface area contributed by atoms with Gasteiger partial charge in [-0.3, -0.25) is 9.36 Å². The van der Waals surface area contributed by atoms with Gasteiger partial charge in [-0.25, -0.2) is 13.6 Å². The van der Waals surface area contributed by atoms with Crippen molar-refractivity contribution in [3.63, 3.8) is 0 Å². The minimum atomic E-state index is -3.20. The van der Waals surface area contributed by atoms with Gasteiger partial charge in [0.1, 0.15) is 36.9 Å². The maximum Gasteiger partial charge on any atom is 0.613 e. The second kappa shape index (κ2) is 12.0. The highest BCUT2D eigenvalue weighted by Crippen LogP contribution is 2.23. The summed E-state index contributed by atoms with van der Waals surface area (Å²) in [5, 5.41) is 12.0. The number of hydrogen-bond acceptors (Lipinski definition) is 9.